The smallest absolute Gasteiger partial charge is 0.258 e. The Morgan fingerprint density at radius 1 is 1.12 bits per heavy atom. The van der Waals surface area contributed by atoms with E-state index in [-0.39, 0.29) is 17.6 Å². The number of nitrogens with zero attached hydrogens (tertiary/aromatic N) is 2. The molecule has 168 valence electrons. The summed E-state index contributed by atoms with van der Waals surface area (Å²) in [6.45, 7) is 2.50. The minimum absolute atomic E-state index is 0.00890. The third kappa shape index (κ3) is 3.16. The van der Waals surface area contributed by atoms with E-state index in [2.05, 4.69) is 9.97 Å². The first kappa shape index (κ1) is 20.8. The van der Waals surface area contributed by atoms with Crippen molar-refractivity contribution in [1.82, 2.24) is 9.97 Å². The van der Waals surface area contributed by atoms with Crippen LogP contribution in [0.4, 0.5) is 5.69 Å². The maximum absolute atomic E-state index is 13.7. The predicted molar refractivity (Wildman–Crippen MR) is 137 cm³/mol. The third-order valence-electron chi connectivity index (χ3n) is 6.68. The molecule has 0 spiro atoms. The molecule has 5 nitrogen and oxygen atoms in total. The summed E-state index contributed by atoms with van der Waals surface area (Å²) in [4.78, 5) is 23.4. The molecule has 0 radical (unpaired) electrons. The first-order valence-corrected chi connectivity index (χ1v) is 11.8. The molecule has 5 aromatic rings. The van der Waals surface area contributed by atoms with Gasteiger partial charge < -0.3 is 15.0 Å². The van der Waals surface area contributed by atoms with E-state index in [1.54, 1.807) is 17.0 Å². The Morgan fingerprint density at radius 2 is 1.94 bits per heavy atom. The molecule has 1 amide bonds. The van der Waals surface area contributed by atoms with Crippen LogP contribution in [0.5, 0.6) is 5.75 Å². The van der Waals surface area contributed by atoms with Gasteiger partial charge in [-0.15, -0.1) is 11.6 Å². The maximum Gasteiger partial charge on any atom is 0.258 e. The molecular weight excluding hydrogens is 446 g/mol. The van der Waals surface area contributed by atoms with Gasteiger partial charge in [-0.3, -0.25) is 4.79 Å². The number of aryl methyl sites for hydroxylation is 1. The summed E-state index contributed by atoms with van der Waals surface area (Å²) in [7, 11) is 0. The lowest BCUT2D eigenvalue weighted by molar-refractivity contribution is 0.0988. The second kappa shape index (κ2) is 7.89. The number of alkyl halides is 1. The molecule has 34 heavy (non-hydrogen) atoms. The van der Waals surface area contributed by atoms with Gasteiger partial charge in [0.1, 0.15) is 11.6 Å². The molecule has 6 heteroatoms. The molecule has 1 aliphatic heterocycles. The lowest BCUT2D eigenvalue weighted by Crippen LogP contribution is -2.30. The van der Waals surface area contributed by atoms with E-state index in [1.807, 2.05) is 67.6 Å². The van der Waals surface area contributed by atoms with Crippen LogP contribution in [0.1, 0.15) is 27.4 Å². The molecule has 0 saturated carbocycles. The number of hydrogen-bond acceptors (Lipinski definition) is 3. The molecule has 2 N–H and O–H groups in total. The van der Waals surface area contributed by atoms with Crippen molar-refractivity contribution in [3.63, 3.8) is 0 Å². The number of aromatic nitrogens is 2. The topological polar surface area (TPSA) is 69.2 Å². The number of carbonyl (C=O) groups is 1. The number of rotatable bonds is 3. The van der Waals surface area contributed by atoms with Crippen molar-refractivity contribution in [1.29, 1.82) is 0 Å². The molecule has 4 aromatic carbocycles. The quantitative estimate of drug-likeness (QED) is 0.302. The van der Waals surface area contributed by atoms with Gasteiger partial charge in [-0.2, -0.15) is 0 Å². The van der Waals surface area contributed by atoms with E-state index in [4.69, 9.17) is 11.6 Å². The predicted octanol–water partition coefficient (Wildman–Crippen LogP) is 6.38. The first-order chi connectivity index (χ1) is 16.5. The van der Waals surface area contributed by atoms with E-state index in [0.717, 1.165) is 50.0 Å². The summed E-state index contributed by atoms with van der Waals surface area (Å²) >= 11 is 6.37. The van der Waals surface area contributed by atoms with Crippen LogP contribution in [0.2, 0.25) is 0 Å². The minimum atomic E-state index is -0.126. The highest BCUT2D eigenvalue weighted by Crippen LogP contribution is 2.46. The van der Waals surface area contributed by atoms with Gasteiger partial charge in [-0.1, -0.05) is 48.5 Å². The standard InChI is InChI=1S/C28H22ClN3O2/c1-16-6-5-9-20-24(33)13-23-26(25(16)20)19(14-29)15-32(23)28(34)18-10-11-21-22(12-18)31-27(30-21)17-7-3-2-4-8-17/h2-13,19,33H,14-15H2,1H3,(H,30,31). The van der Waals surface area contributed by atoms with Crippen LogP contribution >= 0.6 is 11.6 Å². The number of amides is 1. The number of phenols is 1. The van der Waals surface area contributed by atoms with Crippen molar-refractivity contribution >= 4 is 45.0 Å². The fourth-order valence-electron chi connectivity index (χ4n) is 5.05. The number of carbonyl (C=O) groups excluding carboxylic acids is 1. The van der Waals surface area contributed by atoms with Gasteiger partial charge in [0.05, 0.1) is 16.7 Å². The van der Waals surface area contributed by atoms with E-state index in [1.165, 1.54) is 0 Å². The van der Waals surface area contributed by atoms with Gasteiger partial charge in [0.2, 0.25) is 0 Å². The highest BCUT2D eigenvalue weighted by atomic mass is 35.5. The van der Waals surface area contributed by atoms with Gasteiger partial charge in [-0.05, 0) is 41.6 Å². The largest absolute Gasteiger partial charge is 0.507 e. The van der Waals surface area contributed by atoms with Crippen molar-refractivity contribution in [2.75, 3.05) is 17.3 Å². The summed E-state index contributed by atoms with van der Waals surface area (Å²) in [5, 5.41) is 12.5. The van der Waals surface area contributed by atoms with Crippen LogP contribution < -0.4 is 4.90 Å². The summed E-state index contributed by atoms with van der Waals surface area (Å²) in [6, 6.07) is 23.0. The Kier molecular flexibility index (Phi) is 4.82. The highest BCUT2D eigenvalue weighted by Gasteiger charge is 2.35. The number of fused-ring (bicyclic) bond motifs is 4. The van der Waals surface area contributed by atoms with Crippen molar-refractivity contribution in [2.24, 2.45) is 0 Å². The van der Waals surface area contributed by atoms with Crippen molar-refractivity contribution in [3.8, 4) is 17.1 Å². The molecule has 6 rings (SSSR count). The van der Waals surface area contributed by atoms with Crippen LogP contribution in [0.3, 0.4) is 0 Å². The number of benzene rings is 4. The number of anilines is 1. The number of H-pyrrole nitrogens is 1. The van der Waals surface area contributed by atoms with Crippen molar-refractivity contribution in [2.45, 2.75) is 12.8 Å². The fraction of sp³-hybridized carbons (Fsp3) is 0.143. The zero-order chi connectivity index (χ0) is 23.4. The summed E-state index contributed by atoms with van der Waals surface area (Å²) in [5.41, 5.74) is 5.96. The molecule has 2 heterocycles. The van der Waals surface area contributed by atoms with Crippen LogP contribution in [-0.2, 0) is 0 Å². The molecule has 1 unspecified atom stereocenters. The zero-order valence-corrected chi connectivity index (χ0v) is 19.3. The number of imidazole rings is 1. The molecule has 1 aliphatic rings. The molecule has 0 aliphatic carbocycles. The second-order valence-electron chi connectivity index (χ2n) is 8.78. The van der Waals surface area contributed by atoms with Gasteiger partial charge in [-0.25, -0.2) is 4.98 Å². The lowest BCUT2D eigenvalue weighted by Gasteiger charge is -2.19. The highest BCUT2D eigenvalue weighted by molar-refractivity contribution is 6.19. The Hall–Kier alpha value is -3.83. The average Bonchev–Trinajstić information content (AvgIpc) is 3.45. The van der Waals surface area contributed by atoms with E-state index in [9.17, 15) is 9.90 Å². The van der Waals surface area contributed by atoms with Crippen molar-refractivity contribution in [3.05, 3.63) is 89.5 Å². The minimum Gasteiger partial charge on any atom is -0.507 e. The van der Waals surface area contributed by atoms with Crippen molar-refractivity contribution < 1.29 is 9.90 Å². The third-order valence-corrected chi connectivity index (χ3v) is 7.05. The number of aromatic hydroxyl groups is 1. The number of halogens is 1. The first-order valence-electron chi connectivity index (χ1n) is 11.2. The Morgan fingerprint density at radius 3 is 2.74 bits per heavy atom. The van der Waals surface area contributed by atoms with Gasteiger partial charge in [0.15, 0.2) is 0 Å². The number of nitrogens with one attached hydrogen (secondary N) is 1. The van der Waals surface area contributed by atoms with Gasteiger partial charge in [0.25, 0.3) is 5.91 Å². The van der Waals surface area contributed by atoms with Crippen LogP contribution in [0, 0.1) is 6.92 Å². The van der Waals surface area contributed by atoms with Crippen LogP contribution in [0.25, 0.3) is 33.2 Å². The summed E-state index contributed by atoms with van der Waals surface area (Å²) in [5.74, 6) is 1.19. The Balaban J connectivity index is 1.43. The molecule has 1 atom stereocenters. The molecule has 0 fully saturated rings. The average molecular weight is 468 g/mol. The summed E-state index contributed by atoms with van der Waals surface area (Å²) < 4.78 is 0. The van der Waals surface area contributed by atoms with Gasteiger partial charge >= 0.3 is 0 Å². The van der Waals surface area contributed by atoms with E-state index >= 15 is 0 Å². The Bertz CT molecular complexity index is 1580. The molecule has 0 saturated heterocycles. The number of aromatic amines is 1. The molecular formula is C28H22ClN3O2. The summed E-state index contributed by atoms with van der Waals surface area (Å²) in [6.07, 6.45) is 0. The maximum atomic E-state index is 13.7. The second-order valence-corrected chi connectivity index (χ2v) is 9.08. The molecule has 1 aromatic heterocycles. The number of hydrogen-bond donors (Lipinski definition) is 2. The zero-order valence-electron chi connectivity index (χ0n) is 18.5. The Labute approximate surface area is 201 Å². The monoisotopic (exact) mass is 467 g/mol. The lowest BCUT2D eigenvalue weighted by atomic mass is 9.92. The number of phenolic OH excluding ortho intramolecular Hbond substituents is 1. The van der Waals surface area contributed by atoms with Gasteiger partial charge in [0, 0.05) is 40.9 Å². The normalized spacial score (nSPS) is 15.2. The fourth-order valence-corrected chi connectivity index (χ4v) is 5.30. The van der Waals surface area contributed by atoms with Crippen LogP contribution in [0.15, 0.2) is 72.8 Å². The van der Waals surface area contributed by atoms with E-state index in [0.29, 0.717) is 18.0 Å². The molecule has 0 bridgehead atoms. The SMILES string of the molecule is Cc1cccc2c(O)cc3c(c12)C(CCl)CN3C(=O)c1ccc2nc(-c3ccccc3)[nH]c2c1. The van der Waals surface area contributed by atoms with E-state index < -0.39 is 0 Å². The van der Waals surface area contributed by atoms with Crippen LogP contribution in [-0.4, -0.2) is 33.4 Å².